The van der Waals surface area contributed by atoms with Gasteiger partial charge in [-0.3, -0.25) is 4.90 Å². The highest BCUT2D eigenvalue weighted by Gasteiger charge is 2.29. The number of hydrogen-bond acceptors (Lipinski definition) is 2. The molecule has 0 bridgehead atoms. The molecule has 1 aromatic rings. The van der Waals surface area contributed by atoms with E-state index in [4.69, 9.17) is 11.6 Å². The zero-order chi connectivity index (χ0) is 14.6. The van der Waals surface area contributed by atoms with Crippen molar-refractivity contribution in [1.29, 1.82) is 0 Å². The number of hydrogen-bond donors (Lipinski definition) is 2. The van der Waals surface area contributed by atoms with Crippen LogP contribution in [0.2, 0.25) is 5.02 Å². The molecule has 5 heteroatoms. The zero-order valence-corrected chi connectivity index (χ0v) is 12.8. The molecule has 4 nitrogen and oxygen atoms in total. The maximum Gasteiger partial charge on any atom is 0.319 e. The number of carbonyl (C=O) groups is 1. The molecule has 1 fully saturated rings. The van der Waals surface area contributed by atoms with Crippen LogP contribution in [0.3, 0.4) is 0 Å². The van der Waals surface area contributed by atoms with Crippen molar-refractivity contribution in [1.82, 2.24) is 10.2 Å². The van der Waals surface area contributed by atoms with Crippen molar-refractivity contribution in [3.8, 4) is 0 Å². The maximum absolute atomic E-state index is 11.9. The van der Waals surface area contributed by atoms with Gasteiger partial charge in [0.15, 0.2) is 0 Å². The van der Waals surface area contributed by atoms with Gasteiger partial charge >= 0.3 is 6.03 Å². The molecular weight excluding hydrogens is 274 g/mol. The Hall–Kier alpha value is -1.26. The first-order chi connectivity index (χ1) is 9.47. The van der Waals surface area contributed by atoms with Gasteiger partial charge in [-0.15, -0.1) is 0 Å². The van der Waals surface area contributed by atoms with Crippen LogP contribution in [0.25, 0.3) is 0 Å². The highest BCUT2D eigenvalue weighted by molar-refractivity contribution is 6.30. The number of halogens is 1. The zero-order valence-electron chi connectivity index (χ0n) is 12.1. The molecule has 1 heterocycles. The van der Waals surface area contributed by atoms with Crippen molar-refractivity contribution in [2.24, 2.45) is 0 Å². The summed E-state index contributed by atoms with van der Waals surface area (Å²) in [4.78, 5) is 14.3. The predicted molar refractivity (Wildman–Crippen MR) is 83.4 cm³/mol. The standard InChI is InChI=1S/C15H22ClN3O/c1-15(2,19-9-3-4-10-19)11-17-14(20)18-13-7-5-12(16)6-8-13/h5-8H,3-4,9-11H2,1-2H3,(H2,17,18,20). The average molecular weight is 296 g/mol. The second-order valence-corrected chi connectivity index (χ2v) is 6.26. The van der Waals surface area contributed by atoms with E-state index < -0.39 is 0 Å². The normalized spacial score (nSPS) is 16.1. The third-order valence-corrected chi connectivity index (χ3v) is 4.00. The Balaban J connectivity index is 1.81. The van der Waals surface area contributed by atoms with Crippen molar-refractivity contribution in [3.63, 3.8) is 0 Å². The fourth-order valence-corrected chi connectivity index (χ4v) is 2.57. The molecule has 1 aromatic carbocycles. The summed E-state index contributed by atoms with van der Waals surface area (Å²) in [5, 5.41) is 6.40. The number of nitrogens with zero attached hydrogens (tertiary/aromatic N) is 1. The van der Waals surface area contributed by atoms with Crippen LogP contribution in [0.15, 0.2) is 24.3 Å². The molecule has 2 amide bonds. The number of urea groups is 1. The Morgan fingerprint density at radius 1 is 1.25 bits per heavy atom. The number of carbonyl (C=O) groups excluding carboxylic acids is 1. The molecule has 20 heavy (non-hydrogen) atoms. The number of likely N-dealkylation sites (tertiary alicyclic amines) is 1. The summed E-state index contributed by atoms with van der Waals surface area (Å²) < 4.78 is 0. The summed E-state index contributed by atoms with van der Waals surface area (Å²) in [5.41, 5.74) is 0.735. The van der Waals surface area contributed by atoms with Crippen LogP contribution in [-0.4, -0.2) is 36.1 Å². The highest BCUT2D eigenvalue weighted by Crippen LogP contribution is 2.20. The lowest BCUT2D eigenvalue weighted by Gasteiger charge is -2.35. The van der Waals surface area contributed by atoms with Crippen molar-refractivity contribution in [3.05, 3.63) is 29.3 Å². The van der Waals surface area contributed by atoms with Crippen LogP contribution in [0.5, 0.6) is 0 Å². The minimum absolute atomic E-state index is 0.00612. The fraction of sp³-hybridized carbons (Fsp3) is 0.533. The molecule has 0 aliphatic carbocycles. The molecule has 1 saturated heterocycles. The van der Waals surface area contributed by atoms with Gasteiger partial charge in [-0.25, -0.2) is 4.79 Å². The Labute approximate surface area is 125 Å². The molecule has 110 valence electrons. The molecule has 0 radical (unpaired) electrons. The van der Waals surface area contributed by atoms with Crippen LogP contribution in [-0.2, 0) is 0 Å². The quantitative estimate of drug-likeness (QED) is 0.895. The first kappa shape index (κ1) is 15.1. The second-order valence-electron chi connectivity index (χ2n) is 5.82. The van der Waals surface area contributed by atoms with Gasteiger partial charge in [0, 0.05) is 22.8 Å². The van der Waals surface area contributed by atoms with Crippen molar-refractivity contribution in [2.75, 3.05) is 25.0 Å². The molecule has 0 aromatic heterocycles. The Bertz CT molecular complexity index is 453. The van der Waals surface area contributed by atoms with Gasteiger partial charge in [-0.2, -0.15) is 0 Å². The van der Waals surface area contributed by atoms with Crippen molar-refractivity contribution >= 4 is 23.3 Å². The van der Waals surface area contributed by atoms with Crippen LogP contribution >= 0.6 is 11.6 Å². The van der Waals surface area contributed by atoms with Crippen molar-refractivity contribution in [2.45, 2.75) is 32.2 Å². The van der Waals surface area contributed by atoms with Gasteiger partial charge in [0.1, 0.15) is 0 Å². The van der Waals surface area contributed by atoms with Crippen molar-refractivity contribution < 1.29 is 4.79 Å². The Kier molecular flexibility index (Phi) is 4.89. The summed E-state index contributed by atoms with van der Waals surface area (Å²) in [6.45, 7) is 7.20. The van der Waals surface area contributed by atoms with Crippen LogP contribution in [0.4, 0.5) is 10.5 Å². The van der Waals surface area contributed by atoms with E-state index in [2.05, 4.69) is 29.4 Å². The van der Waals surface area contributed by atoms with Crippen LogP contribution in [0, 0.1) is 0 Å². The fourth-order valence-electron chi connectivity index (χ4n) is 2.44. The van der Waals surface area contributed by atoms with E-state index in [0.717, 1.165) is 18.8 Å². The lowest BCUT2D eigenvalue weighted by molar-refractivity contribution is 0.153. The topological polar surface area (TPSA) is 44.4 Å². The van der Waals surface area contributed by atoms with Gasteiger partial charge in [0.05, 0.1) is 0 Å². The van der Waals surface area contributed by atoms with E-state index >= 15 is 0 Å². The number of nitrogens with one attached hydrogen (secondary N) is 2. The summed E-state index contributed by atoms with van der Waals surface area (Å²) >= 11 is 5.81. The third-order valence-electron chi connectivity index (χ3n) is 3.75. The smallest absolute Gasteiger partial charge is 0.319 e. The molecule has 0 unspecified atom stereocenters. The summed E-state index contributed by atoms with van der Waals surface area (Å²) in [6, 6.07) is 6.90. The molecule has 1 aliphatic heterocycles. The van der Waals surface area contributed by atoms with E-state index in [1.54, 1.807) is 24.3 Å². The van der Waals surface area contributed by atoms with E-state index in [1.807, 2.05) is 0 Å². The Morgan fingerprint density at radius 2 is 1.85 bits per heavy atom. The minimum Gasteiger partial charge on any atom is -0.336 e. The van der Waals surface area contributed by atoms with Gasteiger partial charge in [-0.1, -0.05) is 11.6 Å². The van der Waals surface area contributed by atoms with E-state index in [0.29, 0.717) is 11.6 Å². The average Bonchev–Trinajstić information content (AvgIpc) is 2.94. The first-order valence-corrected chi connectivity index (χ1v) is 7.41. The predicted octanol–water partition coefficient (Wildman–Crippen LogP) is 3.34. The monoisotopic (exact) mass is 295 g/mol. The summed E-state index contributed by atoms with van der Waals surface area (Å²) in [7, 11) is 0. The molecule has 2 N–H and O–H groups in total. The first-order valence-electron chi connectivity index (χ1n) is 7.03. The second kappa shape index (κ2) is 6.46. The molecule has 0 saturated carbocycles. The van der Waals surface area contributed by atoms with E-state index in [9.17, 15) is 4.79 Å². The molecule has 1 aliphatic rings. The third kappa shape index (κ3) is 4.12. The summed E-state index contributed by atoms with van der Waals surface area (Å²) in [5.74, 6) is 0. The van der Waals surface area contributed by atoms with E-state index in [-0.39, 0.29) is 11.6 Å². The highest BCUT2D eigenvalue weighted by atomic mass is 35.5. The van der Waals surface area contributed by atoms with Gasteiger partial charge in [0.2, 0.25) is 0 Å². The number of anilines is 1. The maximum atomic E-state index is 11.9. The summed E-state index contributed by atoms with van der Waals surface area (Å²) in [6.07, 6.45) is 2.50. The molecule has 0 atom stereocenters. The van der Waals surface area contributed by atoms with Gasteiger partial charge in [-0.05, 0) is 64.0 Å². The minimum atomic E-state index is -0.181. The van der Waals surface area contributed by atoms with Crippen LogP contribution < -0.4 is 10.6 Å². The van der Waals surface area contributed by atoms with E-state index in [1.165, 1.54) is 12.8 Å². The molecular formula is C15H22ClN3O. The SMILES string of the molecule is CC(C)(CNC(=O)Nc1ccc(Cl)cc1)N1CCCC1. The largest absolute Gasteiger partial charge is 0.336 e. The lowest BCUT2D eigenvalue weighted by Crippen LogP contribution is -2.51. The van der Waals surface area contributed by atoms with Gasteiger partial charge in [0.25, 0.3) is 0 Å². The number of benzene rings is 1. The lowest BCUT2D eigenvalue weighted by atomic mass is 10.0. The number of amides is 2. The van der Waals surface area contributed by atoms with Gasteiger partial charge < -0.3 is 10.6 Å². The number of rotatable bonds is 4. The Morgan fingerprint density at radius 3 is 2.45 bits per heavy atom. The molecule has 0 spiro atoms. The molecule has 2 rings (SSSR count). The van der Waals surface area contributed by atoms with Crippen LogP contribution in [0.1, 0.15) is 26.7 Å².